The summed E-state index contributed by atoms with van der Waals surface area (Å²) in [5.41, 5.74) is 1.69. The molecule has 6 heteroatoms. The number of H-pyrrole nitrogens is 1. The molecule has 128 valence electrons. The van der Waals surface area contributed by atoms with Crippen LogP contribution in [0.3, 0.4) is 0 Å². The number of pyridine rings is 1. The third-order valence-corrected chi connectivity index (χ3v) is 4.26. The summed E-state index contributed by atoms with van der Waals surface area (Å²) in [6.07, 6.45) is 3.18. The van der Waals surface area contributed by atoms with Gasteiger partial charge in [0.1, 0.15) is 11.5 Å². The summed E-state index contributed by atoms with van der Waals surface area (Å²) in [6, 6.07) is 9.90. The van der Waals surface area contributed by atoms with E-state index in [9.17, 15) is 9.18 Å². The molecule has 0 radical (unpaired) electrons. The Balaban J connectivity index is 2.09. The van der Waals surface area contributed by atoms with E-state index in [1.165, 1.54) is 6.07 Å². The Morgan fingerprint density at radius 3 is 2.68 bits per heavy atom. The zero-order chi connectivity index (χ0) is 17.8. The van der Waals surface area contributed by atoms with Crippen molar-refractivity contribution in [3.63, 3.8) is 0 Å². The number of nitrogens with one attached hydrogen (secondary N) is 1. The number of aromatic amines is 1. The normalized spacial score (nSPS) is 10.8. The minimum Gasteiger partial charge on any atom is -0.305 e. The third-order valence-electron chi connectivity index (χ3n) is 3.91. The van der Waals surface area contributed by atoms with Crippen molar-refractivity contribution >= 4 is 11.6 Å². The summed E-state index contributed by atoms with van der Waals surface area (Å²) >= 11 is 6.11. The van der Waals surface area contributed by atoms with Gasteiger partial charge in [-0.1, -0.05) is 37.1 Å². The molecule has 25 heavy (non-hydrogen) atoms. The molecule has 0 bridgehead atoms. The van der Waals surface area contributed by atoms with Crippen molar-refractivity contribution in [2.24, 2.45) is 0 Å². The van der Waals surface area contributed by atoms with Crippen molar-refractivity contribution in [3.8, 4) is 11.5 Å². The average molecular weight is 358 g/mol. The second kappa shape index (κ2) is 7.57. The van der Waals surface area contributed by atoms with E-state index in [0.717, 1.165) is 6.42 Å². The molecule has 2 heterocycles. The molecule has 0 aliphatic heterocycles. The highest BCUT2D eigenvalue weighted by Crippen LogP contribution is 2.23. The number of aryl methyl sites for hydroxylation is 1. The monoisotopic (exact) mass is 357 g/mol. The summed E-state index contributed by atoms with van der Waals surface area (Å²) in [5, 5.41) is 0.302. The molecular formula is C19H17ClFN3O. The molecule has 0 saturated heterocycles. The summed E-state index contributed by atoms with van der Waals surface area (Å²) < 4.78 is 14.1. The van der Waals surface area contributed by atoms with Gasteiger partial charge in [-0.3, -0.25) is 9.78 Å². The van der Waals surface area contributed by atoms with Gasteiger partial charge in [-0.15, -0.1) is 0 Å². The lowest BCUT2D eigenvalue weighted by atomic mass is 10.0. The van der Waals surface area contributed by atoms with E-state index in [2.05, 4.69) is 15.0 Å². The maximum atomic E-state index is 14.1. The quantitative estimate of drug-likeness (QED) is 0.745. The fraction of sp³-hybridized carbons (Fsp3) is 0.211. The number of benzene rings is 1. The van der Waals surface area contributed by atoms with Crippen molar-refractivity contribution in [1.82, 2.24) is 15.0 Å². The second-order valence-electron chi connectivity index (χ2n) is 5.68. The minimum atomic E-state index is -0.428. The van der Waals surface area contributed by atoms with E-state index >= 15 is 0 Å². The second-order valence-corrected chi connectivity index (χ2v) is 6.09. The Morgan fingerprint density at radius 2 is 2.00 bits per heavy atom. The lowest BCUT2D eigenvalue weighted by Crippen LogP contribution is -2.20. The third kappa shape index (κ3) is 3.77. The van der Waals surface area contributed by atoms with E-state index in [1.807, 2.05) is 13.0 Å². The largest absolute Gasteiger partial charge is 0.305 e. The first-order chi connectivity index (χ1) is 12.1. The van der Waals surface area contributed by atoms with E-state index in [-0.39, 0.29) is 12.0 Å². The molecule has 0 aliphatic rings. The van der Waals surface area contributed by atoms with Crippen LogP contribution in [0.5, 0.6) is 0 Å². The predicted molar refractivity (Wildman–Crippen MR) is 96.3 cm³/mol. The van der Waals surface area contributed by atoms with E-state index in [0.29, 0.717) is 39.8 Å². The van der Waals surface area contributed by atoms with Crippen LogP contribution in [0.15, 0.2) is 47.4 Å². The fourth-order valence-corrected chi connectivity index (χ4v) is 2.90. The number of hydrogen-bond donors (Lipinski definition) is 1. The summed E-state index contributed by atoms with van der Waals surface area (Å²) in [5.74, 6) is -0.0134. The smallest absolute Gasteiger partial charge is 0.254 e. The molecule has 3 aromatic rings. The van der Waals surface area contributed by atoms with Crippen molar-refractivity contribution < 1.29 is 4.39 Å². The summed E-state index contributed by atoms with van der Waals surface area (Å²) in [6.45, 7) is 2.00. The molecule has 0 spiro atoms. The number of rotatable bonds is 5. The zero-order valence-electron chi connectivity index (χ0n) is 13.7. The lowest BCUT2D eigenvalue weighted by Gasteiger charge is -2.11. The molecule has 0 fully saturated rings. The van der Waals surface area contributed by atoms with Gasteiger partial charge in [0.2, 0.25) is 0 Å². The first kappa shape index (κ1) is 17.3. The van der Waals surface area contributed by atoms with Gasteiger partial charge in [-0.2, -0.15) is 0 Å². The van der Waals surface area contributed by atoms with Gasteiger partial charge in [0.25, 0.3) is 5.56 Å². The van der Waals surface area contributed by atoms with Crippen LogP contribution in [0.25, 0.3) is 11.5 Å². The molecule has 2 aromatic heterocycles. The van der Waals surface area contributed by atoms with Crippen molar-refractivity contribution in [1.29, 1.82) is 0 Å². The number of halogens is 2. The Labute approximate surface area is 149 Å². The topological polar surface area (TPSA) is 58.6 Å². The van der Waals surface area contributed by atoms with Crippen LogP contribution in [0.1, 0.15) is 30.2 Å². The van der Waals surface area contributed by atoms with Crippen LogP contribution in [0.2, 0.25) is 5.02 Å². The van der Waals surface area contributed by atoms with Gasteiger partial charge in [-0.25, -0.2) is 9.37 Å². The lowest BCUT2D eigenvalue weighted by molar-refractivity contribution is 0.613. The molecule has 1 aromatic carbocycles. The van der Waals surface area contributed by atoms with Gasteiger partial charge in [0, 0.05) is 28.8 Å². The molecule has 1 N–H and O–H groups in total. The van der Waals surface area contributed by atoms with Crippen molar-refractivity contribution in [2.75, 3.05) is 0 Å². The number of hydrogen-bond acceptors (Lipinski definition) is 3. The first-order valence-corrected chi connectivity index (χ1v) is 8.44. The highest BCUT2D eigenvalue weighted by molar-refractivity contribution is 6.31. The Hall–Kier alpha value is -2.53. The van der Waals surface area contributed by atoms with Gasteiger partial charge < -0.3 is 4.98 Å². The van der Waals surface area contributed by atoms with Crippen molar-refractivity contribution in [2.45, 2.75) is 26.2 Å². The molecule has 0 amide bonds. The first-order valence-electron chi connectivity index (χ1n) is 8.06. The van der Waals surface area contributed by atoms with Gasteiger partial charge >= 0.3 is 0 Å². The Morgan fingerprint density at radius 1 is 1.16 bits per heavy atom. The molecule has 0 unspecified atom stereocenters. The van der Waals surface area contributed by atoms with Crippen LogP contribution >= 0.6 is 11.6 Å². The van der Waals surface area contributed by atoms with E-state index in [1.54, 1.807) is 30.5 Å². The maximum Gasteiger partial charge on any atom is 0.254 e. The standard InChI is InChI=1S/C19H17ClFN3O/c1-2-6-16-13(11-12-14(20)7-5-8-15(12)21)19(25)24-18(23-16)17-9-3-4-10-22-17/h3-5,7-10H,2,6,11H2,1H3,(H,23,24,25). The van der Waals surface area contributed by atoms with Crippen LogP contribution in [-0.4, -0.2) is 15.0 Å². The maximum absolute atomic E-state index is 14.1. The molecule has 4 nitrogen and oxygen atoms in total. The van der Waals surface area contributed by atoms with Crippen LogP contribution in [-0.2, 0) is 12.8 Å². The van der Waals surface area contributed by atoms with Gasteiger partial charge in [0.05, 0.1) is 5.69 Å². The van der Waals surface area contributed by atoms with Gasteiger partial charge in [0.15, 0.2) is 5.82 Å². The van der Waals surface area contributed by atoms with Crippen molar-refractivity contribution in [3.05, 3.63) is 80.6 Å². The highest BCUT2D eigenvalue weighted by Gasteiger charge is 2.16. The molecule has 0 aliphatic carbocycles. The van der Waals surface area contributed by atoms with Crippen LogP contribution < -0.4 is 5.56 Å². The zero-order valence-corrected chi connectivity index (χ0v) is 14.5. The Kier molecular flexibility index (Phi) is 5.24. The summed E-state index contributed by atoms with van der Waals surface area (Å²) in [7, 11) is 0. The van der Waals surface area contributed by atoms with Crippen LogP contribution in [0, 0.1) is 5.82 Å². The number of nitrogens with zero attached hydrogens (tertiary/aromatic N) is 2. The Bertz CT molecular complexity index is 921. The van der Waals surface area contributed by atoms with Gasteiger partial charge in [-0.05, 0) is 30.7 Å². The van der Waals surface area contributed by atoms with E-state index < -0.39 is 5.82 Å². The minimum absolute atomic E-state index is 0.103. The highest BCUT2D eigenvalue weighted by atomic mass is 35.5. The number of aromatic nitrogens is 3. The van der Waals surface area contributed by atoms with Crippen LogP contribution in [0.4, 0.5) is 4.39 Å². The SMILES string of the molecule is CCCc1nc(-c2ccccn2)[nH]c(=O)c1Cc1c(F)cccc1Cl. The predicted octanol–water partition coefficient (Wildman–Crippen LogP) is 4.17. The molecule has 3 rings (SSSR count). The fourth-order valence-electron chi connectivity index (χ4n) is 2.67. The molecule has 0 atom stereocenters. The molecular weight excluding hydrogens is 341 g/mol. The molecule has 0 saturated carbocycles. The average Bonchev–Trinajstić information content (AvgIpc) is 2.61. The van der Waals surface area contributed by atoms with E-state index in [4.69, 9.17) is 11.6 Å². The summed E-state index contributed by atoms with van der Waals surface area (Å²) in [4.78, 5) is 24.2.